The van der Waals surface area contributed by atoms with Crippen LogP contribution in [0.1, 0.15) is 42.1 Å². The Balaban J connectivity index is 1.96. The monoisotopic (exact) mass is 380 g/mol. The van der Waals surface area contributed by atoms with Gasteiger partial charge in [-0.3, -0.25) is 4.79 Å². The minimum absolute atomic E-state index is 0.0167. The second-order valence-corrected chi connectivity index (χ2v) is 7.86. The number of alkyl carbamates (subject to hydrolysis) is 1. The zero-order valence-electron chi connectivity index (χ0n) is 15.4. The fourth-order valence-electron chi connectivity index (χ4n) is 2.47. The summed E-state index contributed by atoms with van der Waals surface area (Å²) < 4.78 is 9.87. The fraction of sp³-hybridized carbons (Fsp3) is 0.500. The summed E-state index contributed by atoms with van der Waals surface area (Å²) in [6, 6.07) is 7.00. The van der Waals surface area contributed by atoms with Gasteiger partial charge >= 0.3 is 12.1 Å². The molecule has 1 aliphatic rings. The number of benzene rings is 1. The molecule has 26 heavy (non-hydrogen) atoms. The average molecular weight is 380 g/mol. The predicted molar refractivity (Wildman–Crippen MR) is 98.9 cm³/mol. The predicted octanol–water partition coefficient (Wildman–Crippen LogP) is 2.57. The number of ether oxygens (including phenoxy) is 2. The Hall–Kier alpha value is -2.22. The number of carbonyl (C=O) groups is 3. The number of thioether (sulfide) groups is 1. The van der Waals surface area contributed by atoms with Gasteiger partial charge in [0.2, 0.25) is 5.91 Å². The second-order valence-electron chi connectivity index (χ2n) is 6.79. The van der Waals surface area contributed by atoms with E-state index in [1.165, 1.54) is 18.9 Å². The van der Waals surface area contributed by atoms with Crippen LogP contribution in [0.4, 0.5) is 4.79 Å². The number of hydrogen-bond donors (Lipinski definition) is 1. The number of rotatable bonds is 5. The van der Waals surface area contributed by atoms with Gasteiger partial charge in [-0.05, 0) is 38.5 Å². The van der Waals surface area contributed by atoms with E-state index in [1.54, 1.807) is 37.8 Å². The van der Waals surface area contributed by atoms with E-state index in [0.29, 0.717) is 24.4 Å². The van der Waals surface area contributed by atoms with Gasteiger partial charge in [0.05, 0.1) is 18.4 Å². The number of nitrogens with one attached hydrogen (secondary N) is 1. The van der Waals surface area contributed by atoms with E-state index < -0.39 is 17.7 Å². The van der Waals surface area contributed by atoms with Crippen molar-refractivity contribution in [2.24, 2.45) is 0 Å². The number of methoxy groups -OCH3 is 1. The highest BCUT2D eigenvalue weighted by molar-refractivity contribution is 8.00. The second kappa shape index (κ2) is 8.44. The molecule has 142 valence electrons. The van der Waals surface area contributed by atoms with Crippen LogP contribution >= 0.6 is 11.8 Å². The smallest absolute Gasteiger partial charge is 0.407 e. The Labute approximate surface area is 157 Å². The molecule has 1 heterocycles. The Morgan fingerprint density at radius 1 is 1.27 bits per heavy atom. The lowest BCUT2D eigenvalue weighted by Gasteiger charge is -2.25. The third-order valence-electron chi connectivity index (χ3n) is 3.61. The molecule has 1 saturated heterocycles. The third-order valence-corrected chi connectivity index (χ3v) is 4.86. The van der Waals surface area contributed by atoms with E-state index in [-0.39, 0.29) is 11.3 Å². The molecule has 1 aliphatic heterocycles. The molecule has 1 aromatic rings. The molecule has 1 fully saturated rings. The first-order valence-corrected chi connectivity index (χ1v) is 9.32. The van der Waals surface area contributed by atoms with Crippen molar-refractivity contribution >= 4 is 29.7 Å². The lowest BCUT2D eigenvalue weighted by Crippen LogP contribution is -2.39. The van der Waals surface area contributed by atoms with Crippen molar-refractivity contribution in [1.29, 1.82) is 0 Å². The van der Waals surface area contributed by atoms with E-state index in [0.717, 1.165) is 5.56 Å². The molecule has 0 aliphatic carbocycles. The number of amides is 2. The van der Waals surface area contributed by atoms with Crippen LogP contribution < -0.4 is 5.32 Å². The lowest BCUT2D eigenvalue weighted by molar-refractivity contribution is -0.128. The summed E-state index contributed by atoms with van der Waals surface area (Å²) in [5, 5.41) is 2.52. The van der Waals surface area contributed by atoms with Crippen molar-refractivity contribution in [1.82, 2.24) is 10.2 Å². The van der Waals surface area contributed by atoms with Crippen LogP contribution in [0.5, 0.6) is 0 Å². The number of carbonyl (C=O) groups excluding carboxylic acids is 3. The standard InChI is InChI=1S/C18H24N2O5S/c1-18(2,3)25-17(23)19-9-10-20-14(21)11-26-15(20)12-5-7-13(8-6-12)16(22)24-4/h5-8,15H,9-11H2,1-4H3,(H,19,23). The fourth-order valence-corrected chi connectivity index (χ4v) is 3.69. The summed E-state index contributed by atoms with van der Waals surface area (Å²) in [5.41, 5.74) is 0.822. The molecule has 1 N–H and O–H groups in total. The molecule has 0 bridgehead atoms. The van der Waals surface area contributed by atoms with E-state index in [2.05, 4.69) is 10.1 Å². The van der Waals surface area contributed by atoms with Crippen molar-refractivity contribution in [3.05, 3.63) is 35.4 Å². The molecule has 2 amide bonds. The van der Waals surface area contributed by atoms with Gasteiger partial charge in [0, 0.05) is 13.1 Å². The van der Waals surface area contributed by atoms with Crippen molar-refractivity contribution in [3.8, 4) is 0 Å². The van der Waals surface area contributed by atoms with Crippen LogP contribution in [0.25, 0.3) is 0 Å². The summed E-state index contributed by atoms with van der Waals surface area (Å²) in [5.74, 6) is 0.00344. The van der Waals surface area contributed by atoms with Crippen molar-refractivity contribution in [3.63, 3.8) is 0 Å². The van der Waals surface area contributed by atoms with Crippen LogP contribution in [0.3, 0.4) is 0 Å². The van der Waals surface area contributed by atoms with Crippen molar-refractivity contribution in [2.75, 3.05) is 26.0 Å². The molecule has 1 atom stereocenters. The van der Waals surface area contributed by atoms with Gasteiger partial charge in [-0.1, -0.05) is 12.1 Å². The molecule has 0 aromatic heterocycles. The highest BCUT2D eigenvalue weighted by Gasteiger charge is 2.32. The molecule has 0 spiro atoms. The number of nitrogens with zero attached hydrogens (tertiary/aromatic N) is 1. The minimum Gasteiger partial charge on any atom is -0.465 e. The van der Waals surface area contributed by atoms with Gasteiger partial charge in [0.1, 0.15) is 11.0 Å². The molecule has 1 aromatic carbocycles. The summed E-state index contributed by atoms with van der Waals surface area (Å²) in [4.78, 5) is 37.1. The van der Waals surface area contributed by atoms with Gasteiger partial charge in [-0.2, -0.15) is 0 Å². The van der Waals surface area contributed by atoms with E-state index in [1.807, 2.05) is 12.1 Å². The van der Waals surface area contributed by atoms with E-state index >= 15 is 0 Å². The van der Waals surface area contributed by atoms with E-state index in [4.69, 9.17) is 4.74 Å². The van der Waals surface area contributed by atoms with Gasteiger partial charge in [-0.25, -0.2) is 9.59 Å². The molecule has 2 rings (SSSR count). The van der Waals surface area contributed by atoms with Crippen LogP contribution in [0.2, 0.25) is 0 Å². The molecule has 1 unspecified atom stereocenters. The van der Waals surface area contributed by atoms with Crippen molar-refractivity contribution < 1.29 is 23.9 Å². The topological polar surface area (TPSA) is 84.9 Å². The Kier molecular flexibility index (Phi) is 6.52. The Morgan fingerprint density at radius 3 is 2.50 bits per heavy atom. The minimum atomic E-state index is -0.562. The molecular weight excluding hydrogens is 356 g/mol. The van der Waals surface area contributed by atoms with Gasteiger partial charge < -0.3 is 19.7 Å². The largest absolute Gasteiger partial charge is 0.465 e. The first-order chi connectivity index (χ1) is 12.2. The highest BCUT2D eigenvalue weighted by atomic mass is 32.2. The molecule has 0 saturated carbocycles. The highest BCUT2D eigenvalue weighted by Crippen LogP contribution is 2.38. The third kappa shape index (κ3) is 5.39. The van der Waals surface area contributed by atoms with Crippen LogP contribution in [-0.2, 0) is 14.3 Å². The summed E-state index contributed by atoms with van der Waals surface area (Å²) in [6.45, 7) is 6.07. The van der Waals surface area contributed by atoms with Crippen molar-refractivity contribution in [2.45, 2.75) is 31.7 Å². The SMILES string of the molecule is COC(=O)c1ccc(C2SCC(=O)N2CCNC(=O)OC(C)(C)C)cc1. The Morgan fingerprint density at radius 2 is 1.92 bits per heavy atom. The molecule has 7 nitrogen and oxygen atoms in total. The first kappa shape index (κ1) is 20.1. The quantitative estimate of drug-likeness (QED) is 0.791. The molecule has 8 heteroatoms. The summed E-state index contributed by atoms with van der Waals surface area (Å²) >= 11 is 1.52. The number of hydrogen-bond acceptors (Lipinski definition) is 6. The van der Waals surface area contributed by atoms with Gasteiger partial charge in [-0.15, -0.1) is 11.8 Å². The Bertz CT molecular complexity index is 669. The zero-order valence-corrected chi connectivity index (χ0v) is 16.2. The molecule has 0 radical (unpaired) electrons. The summed E-state index contributed by atoms with van der Waals surface area (Å²) in [7, 11) is 1.33. The van der Waals surface area contributed by atoms with Crippen LogP contribution in [-0.4, -0.2) is 54.4 Å². The van der Waals surface area contributed by atoms with Gasteiger partial charge in [0.25, 0.3) is 0 Å². The average Bonchev–Trinajstić information content (AvgIpc) is 2.93. The first-order valence-electron chi connectivity index (χ1n) is 8.27. The maximum Gasteiger partial charge on any atom is 0.407 e. The maximum absolute atomic E-state index is 12.2. The van der Waals surface area contributed by atoms with E-state index in [9.17, 15) is 14.4 Å². The van der Waals surface area contributed by atoms with Gasteiger partial charge in [0.15, 0.2) is 0 Å². The van der Waals surface area contributed by atoms with Crippen LogP contribution in [0, 0.1) is 0 Å². The summed E-state index contributed by atoms with van der Waals surface area (Å²) in [6.07, 6.45) is -0.504. The molecular formula is C18H24N2O5S. The van der Waals surface area contributed by atoms with Crippen LogP contribution in [0.15, 0.2) is 24.3 Å². The zero-order chi connectivity index (χ0) is 19.3. The lowest BCUT2D eigenvalue weighted by atomic mass is 10.1. The maximum atomic E-state index is 12.2. The normalized spacial score (nSPS) is 17.2. The number of esters is 1.